The molecule has 0 spiro atoms. The average molecular weight is 1110 g/mol. The number of hydrogen-bond acceptors (Lipinski definition) is 7. The molecule has 3 aromatic heterocycles. The molecule has 7 aromatic rings. The second-order valence-electron chi connectivity index (χ2n) is 19.9. The lowest BCUT2D eigenvalue weighted by Crippen LogP contribution is -3.00. The molecule has 0 unspecified atom stereocenters. The normalized spacial score (nSPS) is 23.5. The van der Waals surface area contributed by atoms with Gasteiger partial charge >= 0.3 is 0 Å². The molecule has 6 aliphatic rings. The SMILES string of the molecule is O=C(NCC[N+]12CCC(C(O)(c3ccccc3)c3ccccc3)(CC1)CC2)c1cccnc1Oc1ccccc1.OC(c1cccs1)(c1cccs1)C12CC[N+](CCc3ccccc3)(CC1)CC2.[Br-].[Br-]. The van der Waals surface area contributed by atoms with Gasteiger partial charge in [-0.3, -0.25) is 4.79 Å². The number of ether oxygens (including phenoxy) is 1. The Labute approximate surface area is 442 Å². The third kappa shape index (κ3) is 10.00. The van der Waals surface area contributed by atoms with Crippen molar-refractivity contribution in [2.75, 3.05) is 58.9 Å². The fourth-order valence-electron chi connectivity index (χ4n) is 12.4. The Balaban J connectivity index is 0.000000194. The summed E-state index contributed by atoms with van der Waals surface area (Å²) >= 11 is 3.42. The van der Waals surface area contributed by atoms with Crippen molar-refractivity contribution < 1.29 is 62.7 Å². The van der Waals surface area contributed by atoms with Crippen molar-refractivity contribution in [3.63, 3.8) is 0 Å². The number of nitrogens with one attached hydrogen (secondary N) is 1. The first-order chi connectivity index (χ1) is 33.2. The Morgan fingerprint density at radius 1 is 0.571 bits per heavy atom. The maximum Gasteiger partial charge on any atom is 0.256 e. The van der Waals surface area contributed by atoms with Crippen molar-refractivity contribution in [3.8, 4) is 11.6 Å². The maximum absolute atomic E-state index is 13.1. The smallest absolute Gasteiger partial charge is 0.256 e. The number of pyridine rings is 1. The van der Waals surface area contributed by atoms with Gasteiger partial charge in [0, 0.05) is 71.7 Å². The van der Waals surface area contributed by atoms with Crippen LogP contribution in [0.15, 0.2) is 175 Å². The van der Waals surface area contributed by atoms with Crippen molar-refractivity contribution >= 4 is 28.6 Å². The number of fused-ring (bicyclic) bond motifs is 6. The zero-order valence-electron chi connectivity index (χ0n) is 39.7. The zero-order valence-corrected chi connectivity index (χ0v) is 44.5. The fourth-order valence-corrected chi connectivity index (χ4v) is 14.4. The summed E-state index contributed by atoms with van der Waals surface area (Å²) in [6, 6.07) is 52.6. The maximum atomic E-state index is 13.1. The van der Waals surface area contributed by atoms with Crippen LogP contribution in [0.4, 0.5) is 0 Å². The number of thiophene rings is 2. The molecule has 4 aromatic carbocycles. The number of benzene rings is 4. The van der Waals surface area contributed by atoms with Gasteiger partial charge in [0.25, 0.3) is 5.91 Å². The molecule has 12 heteroatoms. The summed E-state index contributed by atoms with van der Waals surface area (Å²) in [7, 11) is 0. The first-order valence-corrected chi connectivity index (χ1v) is 26.3. The number of carbonyl (C=O) groups is 1. The van der Waals surface area contributed by atoms with Crippen LogP contribution in [0.5, 0.6) is 11.6 Å². The Kier molecular flexibility index (Phi) is 16.4. The van der Waals surface area contributed by atoms with Crippen LogP contribution < -0.4 is 44.0 Å². The molecule has 13 rings (SSSR count). The number of aromatic nitrogens is 1. The Morgan fingerprint density at radius 3 is 1.51 bits per heavy atom. The Bertz CT molecular complexity index is 2610. The molecule has 6 aliphatic heterocycles. The lowest BCUT2D eigenvalue weighted by molar-refractivity contribution is -0.946. The lowest BCUT2D eigenvalue weighted by atomic mass is 9.56. The van der Waals surface area contributed by atoms with Crippen molar-refractivity contribution in [2.45, 2.75) is 56.1 Å². The van der Waals surface area contributed by atoms with E-state index in [0.29, 0.717) is 23.7 Å². The van der Waals surface area contributed by atoms with Crippen LogP contribution in [0.25, 0.3) is 0 Å². The number of piperidine rings is 6. The minimum absolute atomic E-state index is 0. The number of halogens is 2. The molecule has 8 nitrogen and oxygen atoms in total. The molecule has 6 saturated heterocycles. The van der Waals surface area contributed by atoms with E-state index in [4.69, 9.17) is 4.74 Å². The second-order valence-corrected chi connectivity index (χ2v) is 21.8. The highest BCUT2D eigenvalue weighted by atomic mass is 79.9. The largest absolute Gasteiger partial charge is 1.00 e. The molecule has 1 amide bonds. The fraction of sp³-hybridized carbons (Fsp3) is 0.345. The molecular formula is C58H64Br2N4O4S2. The standard InChI is InChI=1S/C34H35N3O3.C24H28NOS2.2BrH/c38-31(30-17-10-21-36-32(30)40-29-15-8-3-9-16-29)35-22-26-37-23-18-33(19-24-37,20-25-37)34(39,27-11-4-1-5-12-27)28-13-6-2-7-14-28;26-24(21-8-4-18-27-21,22-9-5-19-28-22)23-11-15-25(16-12-23,17-13-23)14-10-20-6-2-1-3-7-20;;/h1-17,21,39H,18-20,22-26H2;1-9,18-19,26H,10-17H2;2*1H/q;+1;;/p-1. The van der Waals surface area contributed by atoms with Crippen LogP contribution >= 0.6 is 22.7 Å². The quantitative estimate of drug-likeness (QED) is 0.128. The molecule has 0 atom stereocenters. The van der Waals surface area contributed by atoms with Gasteiger partial charge in [-0.25, -0.2) is 4.98 Å². The highest BCUT2D eigenvalue weighted by molar-refractivity contribution is 7.11. The van der Waals surface area contributed by atoms with E-state index in [1.54, 1.807) is 41.0 Å². The van der Waals surface area contributed by atoms with Gasteiger partial charge in [-0.15, -0.1) is 22.7 Å². The van der Waals surface area contributed by atoms with E-state index in [2.05, 4.69) is 99.9 Å². The first-order valence-electron chi connectivity index (χ1n) is 24.5. The van der Waals surface area contributed by atoms with E-state index in [9.17, 15) is 15.0 Å². The second kappa shape index (κ2) is 22.1. The molecule has 4 bridgehead atoms. The van der Waals surface area contributed by atoms with Crippen LogP contribution in [0, 0.1) is 10.8 Å². The number of rotatable bonds is 15. The van der Waals surface area contributed by atoms with Gasteiger partial charge < -0.3 is 63.2 Å². The van der Waals surface area contributed by atoms with Crippen molar-refractivity contribution in [1.29, 1.82) is 0 Å². The Morgan fingerprint density at radius 2 is 1.03 bits per heavy atom. The van der Waals surface area contributed by atoms with Crippen LogP contribution in [0.3, 0.4) is 0 Å². The predicted molar refractivity (Wildman–Crippen MR) is 273 cm³/mol. The third-order valence-electron chi connectivity index (χ3n) is 16.6. The summed E-state index contributed by atoms with van der Waals surface area (Å²) in [5.74, 6) is 0.771. The number of nitrogens with zero attached hydrogens (tertiary/aromatic N) is 3. The number of amides is 1. The molecule has 0 aliphatic carbocycles. The number of aliphatic hydroxyl groups is 2. The zero-order chi connectivity index (χ0) is 46.6. The molecule has 6 fully saturated rings. The van der Waals surface area contributed by atoms with Gasteiger partial charge in [-0.2, -0.15) is 0 Å². The van der Waals surface area contributed by atoms with Gasteiger partial charge in [0.2, 0.25) is 5.88 Å². The van der Waals surface area contributed by atoms with Crippen LogP contribution in [0.1, 0.15) is 75.3 Å². The van der Waals surface area contributed by atoms with Gasteiger partial charge in [-0.05, 0) is 63.8 Å². The van der Waals surface area contributed by atoms with Gasteiger partial charge in [-0.1, -0.05) is 121 Å². The minimum atomic E-state index is -1.03. The lowest BCUT2D eigenvalue weighted by Gasteiger charge is -2.60. The molecule has 366 valence electrons. The molecule has 0 radical (unpaired) electrons. The summed E-state index contributed by atoms with van der Waals surface area (Å²) < 4.78 is 8.10. The van der Waals surface area contributed by atoms with E-state index in [0.717, 1.165) is 96.5 Å². The number of hydrogen-bond donors (Lipinski definition) is 3. The summed E-state index contributed by atoms with van der Waals surface area (Å²) in [5.41, 5.74) is 1.74. The Hall–Kier alpha value is -4.50. The molecular weight excluding hydrogens is 1040 g/mol. The van der Waals surface area contributed by atoms with Gasteiger partial charge in [0.15, 0.2) is 0 Å². The predicted octanol–water partition coefficient (Wildman–Crippen LogP) is 4.84. The summed E-state index contributed by atoms with van der Waals surface area (Å²) in [6.45, 7) is 9.26. The number of para-hydroxylation sites is 1. The minimum Gasteiger partial charge on any atom is -1.00 e. The first kappa shape index (κ1) is 51.8. The topological polar surface area (TPSA) is 91.7 Å². The van der Waals surface area contributed by atoms with E-state index in [1.165, 1.54) is 36.2 Å². The molecule has 9 heterocycles. The van der Waals surface area contributed by atoms with Crippen LogP contribution in [0.2, 0.25) is 0 Å². The van der Waals surface area contributed by atoms with Crippen LogP contribution in [-0.2, 0) is 17.6 Å². The monoisotopic (exact) mass is 1100 g/mol. The summed E-state index contributed by atoms with van der Waals surface area (Å²) in [5, 5.41) is 32.1. The van der Waals surface area contributed by atoms with Crippen molar-refractivity contribution in [2.24, 2.45) is 10.8 Å². The third-order valence-corrected chi connectivity index (χ3v) is 18.6. The van der Waals surface area contributed by atoms with E-state index in [-0.39, 0.29) is 50.7 Å². The van der Waals surface area contributed by atoms with Crippen molar-refractivity contribution in [3.05, 3.63) is 207 Å². The van der Waals surface area contributed by atoms with Gasteiger partial charge in [0.1, 0.15) is 22.5 Å². The average Bonchev–Trinajstić information content (AvgIpc) is 4.18. The van der Waals surface area contributed by atoms with Crippen LogP contribution in [-0.4, -0.2) is 89.0 Å². The number of carbonyl (C=O) groups excluding carboxylic acids is 1. The summed E-state index contributed by atoms with van der Waals surface area (Å²) in [6.07, 6.45) is 8.98. The molecule has 0 saturated carbocycles. The van der Waals surface area contributed by atoms with E-state index in [1.807, 2.05) is 66.7 Å². The molecule has 3 N–H and O–H groups in total. The molecule has 70 heavy (non-hydrogen) atoms. The summed E-state index contributed by atoms with van der Waals surface area (Å²) in [4.78, 5) is 19.7. The van der Waals surface area contributed by atoms with Gasteiger partial charge in [0.05, 0.1) is 58.9 Å². The number of quaternary nitrogens is 2. The highest BCUT2D eigenvalue weighted by Gasteiger charge is 2.62. The highest BCUT2D eigenvalue weighted by Crippen LogP contribution is 2.60. The van der Waals surface area contributed by atoms with E-state index >= 15 is 0 Å². The van der Waals surface area contributed by atoms with Crippen molar-refractivity contribution in [1.82, 2.24) is 10.3 Å². The van der Waals surface area contributed by atoms with E-state index < -0.39 is 11.2 Å².